The number of aromatic carboxylic acids is 1. The minimum atomic E-state index is -0.909. The number of nitrogens with one attached hydrogen (secondary N) is 1. The Hall–Kier alpha value is -1.82. The second-order valence-electron chi connectivity index (χ2n) is 3.17. The minimum Gasteiger partial charge on any atom is -0.478 e. The van der Waals surface area contributed by atoms with E-state index in [1.807, 2.05) is 6.07 Å². The Labute approximate surface area is 95.9 Å². The number of aromatic amines is 1. The molecule has 82 valence electrons. The Kier molecular flexibility index (Phi) is 2.91. The van der Waals surface area contributed by atoms with Crippen LogP contribution in [-0.4, -0.2) is 26.3 Å². The number of rotatable bonds is 3. The summed E-state index contributed by atoms with van der Waals surface area (Å²) in [5.41, 5.74) is 1.05. The zero-order chi connectivity index (χ0) is 11.5. The van der Waals surface area contributed by atoms with E-state index < -0.39 is 5.97 Å². The van der Waals surface area contributed by atoms with Crippen LogP contribution in [0.15, 0.2) is 34.6 Å². The van der Waals surface area contributed by atoms with Crippen molar-refractivity contribution in [1.82, 2.24) is 15.2 Å². The Balaban J connectivity index is 2.24. The molecule has 0 atom stereocenters. The number of benzene rings is 1. The van der Waals surface area contributed by atoms with Crippen molar-refractivity contribution in [2.24, 2.45) is 0 Å². The van der Waals surface area contributed by atoms with E-state index in [0.29, 0.717) is 10.7 Å². The van der Waals surface area contributed by atoms with Crippen LogP contribution in [0.2, 0.25) is 0 Å². The van der Waals surface area contributed by atoms with E-state index >= 15 is 0 Å². The first-order valence-corrected chi connectivity index (χ1v) is 5.35. The molecule has 0 fully saturated rings. The van der Waals surface area contributed by atoms with Gasteiger partial charge in [-0.25, -0.2) is 9.78 Å². The number of aromatic nitrogens is 3. The van der Waals surface area contributed by atoms with Crippen molar-refractivity contribution in [1.29, 1.82) is 0 Å². The predicted octanol–water partition coefficient (Wildman–Crippen LogP) is 1.96. The first-order valence-electron chi connectivity index (χ1n) is 4.54. The normalized spacial score (nSPS) is 10.3. The van der Waals surface area contributed by atoms with Crippen molar-refractivity contribution in [3.8, 4) is 0 Å². The maximum atomic E-state index is 10.8. The lowest BCUT2D eigenvalue weighted by Gasteiger charge is -2.03. The lowest BCUT2D eigenvalue weighted by molar-refractivity contribution is 0.0696. The van der Waals surface area contributed by atoms with Crippen LogP contribution >= 0.6 is 11.8 Å². The van der Waals surface area contributed by atoms with E-state index in [0.717, 1.165) is 10.5 Å². The average Bonchev–Trinajstić information content (AvgIpc) is 2.70. The summed E-state index contributed by atoms with van der Waals surface area (Å²) < 4.78 is 0. The molecule has 16 heavy (non-hydrogen) atoms. The number of carboxylic acids is 1. The smallest absolute Gasteiger partial charge is 0.335 e. The van der Waals surface area contributed by atoms with Crippen LogP contribution in [0.4, 0.5) is 0 Å². The molecular weight excluding hydrogens is 226 g/mol. The van der Waals surface area contributed by atoms with Gasteiger partial charge in [0, 0.05) is 4.90 Å². The molecule has 0 saturated heterocycles. The molecule has 2 rings (SSSR count). The Morgan fingerprint density at radius 1 is 1.50 bits per heavy atom. The number of hydrogen-bond acceptors (Lipinski definition) is 4. The zero-order valence-electron chi connectivity index (χ0n) is 8.47. The molecule has 2 aromatic rings. The van der Waals surface area contributed by atoms with E-state index in [9.17, 15) is 4.79 Å². The second-order valence-corrected chi connectivity index (χ2v) is 4.24. The number of H-pyrrole nitrogens is 1. The van der Waals surface area contributed by atoms with E-state index in [2.05, 4.69) is 15.2 Å². The van der Waals surface area contributed by atoms with Gasteiger partial charge in [0.2, 0.25) is 0 Å². The van der Waals surface area contributed by atoms with Crippen molar-refractivity contribution in [3.05, 3.63) is 35.7 Å². The van der Waals surface area contributed by atoms with E-state index in [1.54, 1.807) is 19.1 Å². The first-order chi connectivity index (χ1) is 7.66. The van der Waals surface area contributed by atoms with E-state index in [1.165, 1.54) is 18.1 Å². The Morgan fingerprint density at radius 3 is 2.88 bits per heavy atom. The van der Waals surface area contributed by atoms with Gasteiger partial charge in [-0.05, 0) is 30.7 Å². The fraction of sp³-hybridized carbons (Fsp3) is 0.100. The van der Waals surface area contributed by atoms with Crippen LogP contribution in [0.25, 0.3) is 0 Å². The second kappa shape index (κ2) is 4.36. The van der Waals surface area contributed by atoms with Crippen molar-refractivity contribution < 1.29 is 9.90 Å². The molecule has 0 unspecified atom stereocenters. The van der Waals surface area contributed by atoms with Gasteiger partial charge in [-0.2, -0.15) is 5.10 Å². The molecular formula is C10H9N3O2S. The molecule has 0 amide bonds. The first kappa shape index (κ1) is 10.7. The Bertz CT molecular complexity index is 511. The summed E-state index contributed by atoms with van der Waals surface area (Å²) in [5, 5.41) is 16.0. The number of carbonyl (C=O) groups is 1. The van der Waals surface area contributed by atoms with Crippen LogP contribution in [-0.2, 0) is 0 Å². The predicted molar refractivity (Wildman–Crippen MR) is 58.6 cm³/mol. The molecule has 0 saturated carbocycles. The molecule has 0 aliphatic carbocycles. The fourth-order valence-electron chi connectivity index (χ4n) is 1.29. The van der Waals surface area contributed by atoms with Gasteiger partial charge in [-0.1, -0.05) is 11.8 Å². The maximum Gasteiger partial charge on any atom is 0.335 e. The summed E-state index contributed by atoms with van der Waals surface area (Å²) >= 11 is 1.41. The molecule has 0 spiro atoms. The minimum absolute atomic E-state index is 0.321. The molecule has 1 aromatic carbocycles. The number of carboxylic acid groups (broad SMARTS) is 1. The van der Waals surface area contributed by atoms with Gasteiger partial charge in [0.05, 0.1) is 5.56 Å². The van der Waals surface area contributed by atoms with Gasteiger partial charge in [-0.15, -0.1) is 0 Å². The summed E-state index contributed by atoms with van der Waals surface area (Å²) in [6.07, 6.45) is 1.43. The highest BCUT2D eigenvalue weighted by molar-refractivity contribution is 7.99. The van der Waals surface area contributed by atoms with Gasteiger partial charge in [-0.3, -0.25) is 5.10 Å². The third-order valence-corrected chi connectivity index (χ3v) is 2.92. The molecule has 0 radical (unpaired) electrons. The van der Waals surface area contributed by atoms with Crippen molar-refractivity contribution in [3.63, 3.8) is 0 Å². The van der Waals surface area contributed by atoms with E-state index in [4.69, 9.17) is 5.11 Å². The van der Waals surface area contributed by atoms with Crippen LogP contribution in [0, 0.1) is 6.92 Å². The van der Waals surface area contributed by atoms with Crippen LogP contribution in [0.3, 0.4) is 0 Å². The highest BCUT2D eigenvalue weighted by Gasteiger charge is 2.08. The molecule has 1 heterocycles. The summed E-state index contributed by atoms with van der Waals surface area (Å²) in [4.78, 5) is 15.7. The molecule has 0 bridgehead atoms. The molecule has 5 nitrogen and oxygen atoms in total. The Morgan fingerprint density at radius 2 is 2.31 bits per heavy atom. The zero-order valence-corrected chi connectivity index (χ0v) is 9.28. The lowest BCUT2D eigenvalue weighted by atomic mass is 10.1. The van der Waals surface area contributed by atoms with Gasteiger partial charge >= 0.3 is 5.97 Å². The number of hydrogen-bond donors (Lipinski definition) is 2. The summed E-state index contributed by atoms with van der Waals surface area (Å²) in [7, 11) is 0. The monoisotopic (exact) mass is 235 g/mol. The van der Waals surface area contributed by atoms with Gasteiger partial charge < -0.3 is 5.11 Å². The molecule has 2 N–H and O–H groups in total. The topological polar surface area (TPSA) is 78.9 Å². The third kappa shape index (κ3) is 2.22. The van der Waals surface area contributed by atoms with Gasteiger partial charge in [0.15, 0.2) is 5.16 Å². The van der Waals surface area contributed by atoms with Crippen LogP contribution < -0.4 is 0 Å². The highest BCUT2D eigenvalue weighted by atomic mass is 32.2. The van der Waals surface area contributed by atoms with Crippen LogP contribution in [0.5, 0.6) is 0 Å². The van der Waals surface area contributed by atoms with Crippen LogP contribution in [0.1, 0.15) is 15.9 Å². The van der Waals surface area contributed by atoms with Crippen molar-refractivity contribution in [2.45, 2.75) is 17.0 Å². The SMILES string of the molecule is Cc1cc(Sc2ncn[nH]2)ccc1C(=O)O. The number of nitrogens with zero attached hydrogens (tertiary/aromatic N) is 2. The number of aryl methyl sites for hydroxylation is 1. The fourth-order valence-corrected chi connectivity index (χ4v) is 2.09. The largest absolute Gasteiger partial charge is 0.478 e. The quantitative estimate of drug-likeness (QED) is 0.850. The summed E-state index contributed by atoms with van der Waals surface area (Å²) in [6.45, 7) is 1.77. The maximum absolute atomic E-state index is 10.8. The summed E-state index contributed by atoms with van der Waals surface area (Å²) in [5.74, 6) is -0.909. The van der Waals surface area contributed by atoms with Crippen molar-refractivity contribution in [2.75, 3.05) is 0 Å². The molecule has 0 aliphatic rings. The molecule has 0 aliphatic heterocycles. The third-order valence-electron chi connectivity index (χ3n) is 2.04. The lowest BCUT2D eigenvalue weighted by Crippen LogP contribution is -1.99. The molecule has 1 aromatic heterocycles. The highest BCUT2D eigenvalue weighted by Crippen LogP contribution is 2.25. The standard InChI is InChI=1S/C10H9N3O2S/c1-6-4-7(2-3-8(6)9(14)15)16-10-11-5-12-13-10/h2-5H,1H3,(H,14,15)(H,11,12,13). The van der Waals surface area contributed by atoms with E-state index in [-0.39, 0.29) is 0 Å². The summed E-state index contributed by atoms with van der Waals surface area (Å²) in [6, 6.07) is 5.16. The average molecular weight is 235 g/mol. The van der Waals surface area contributed by atoms with Crippen molar-refractivity contribution >= 4 is 17.7 Å². The van der Waals surface area contributed by atoms with Gasteiger partial charge in [0.25, 0.3) is 0 Å². The van der Waals surface area contributed by atoms with Gasteiger partial charge in [0.1, 0.15) is 6.33 Å². The molecule has 6 heteroatoms.